The number of methoxy groups -OCH3 is 1. The number of benzene rings is 5. The first-order chi connectivity index (χ1) is 20.1. The predicted molar refractivity (Wildman–Crippen MR) is 161 cm³/mol. The molecule has 0 aliphatic heterocycles. The molecule has 200 valence electrons. The van der Waals surface area contributed by atoms with Crippen LogP contribution in [0, 0.1) is 11.8 Å². The summed E-state index contributed by atoms with van der Waals surface area (Å²) in [6.07, 6.45) is 0. The van der Waals surface area contributed by atoms with Gasteiger partial charge in [0.25, 0.3) is 11.8 Å². The summed E-state index contributed by atoms with van der Waals surface area (Å²) in [6.45, 7) is 0. The molecule has 5 rings (SSSR count). The Balaban J connectivity index is 1.19. The van der Waals surface area contributed by atoms with Crippen LogP contribution in [0.1, 0.15) is 31.8 Å². The normalized spacial score (nSPS) is 10.1. The van der Waals surface area contributed by atoms with Crippen molar-refractivity contribution in [2.75, 3.05) is 17.7 Å². The Morgan fingerprint density at radius 1 is 0.537 bits per heavy atom. The van der Waals surface area contributed by atoms with Crippen LogP contribution in [0.5, 0.6) is 17.2 Å². The van der Waals surface area contributed by atoms with Crippen molar-refractivity contribution in [2.24, 2.45) is 0 Å². The molecule has 0 spiro atoms. The van der Waals surface area contributed by atoms with E-state index in [4.69, 9.17) is 9.47 Å². The third-order valence-electron chi connectivity index (χ3n) is 6.04. The fourth-order valence-electron chi connectivity index (χ4n) is 3.94. The molecule has 0 aliphatic rings. The highest BCUT2D eigenvalue weighted by Crippen LogP contribution is 2.23. The van der Waals surface area contributed by atoms with Crippen molar-refractivity contribution < 1.29 is 19.1 Å². The van der Waals surface area contributed by atoms with Crippen LogP contribution < -0.4 is 20.1 Å². The first-order valence-corrected chi connectivity index (χ1v) is 12.9. The molecule has 0 radical (unpaired) electrons. The number of nitrogens with one attached hydrogen (secondary N) is 2. The van der Waals surface area contributed by atoms with Crippen molar-refractivity contribution in [1.29, 1.82) is 0 Å². The number of hydrogen-bond donors (Lipinski definition) is 2. The topological polar surface area (TPSA) is 76.7 Å². The van der Waals surface area contributed by atoms with Gasteiger partial charge in [0.1, 0.15) is 17.2 Å². The summed E-state index contributed by atoms with van der Waals surface area (Å²) in [6, 6.07) is 38.0. The minimum atomic E-state index is -0.284. The van der Waals surface area contributed by atoms with E-state index in [1.807, 2.05) is 54.6 Å². The molecule has 2 amide bonds. The van der Waals surface area contributed by atoms with Crippen molar-refractivity contribution in [3.05, 3.63) is 150 Å². The summed E-state index contributed by atoms with van der Waals surface area (Å²) in [4.78, 5) is 25.5. The summed E-state index contributed by atoms with van der Waals surface area (Å²) in [5.74, 6) is 7.66. The molecule has 0 aliphatic carbocycles. The molecule has 41 heavy (non-hydrogen) atoms. The maximum Gasteiger partial charge on any atom is 0.255 e. The molecule has 0 bridgehead atoms. The Bertz CT molecular complexity index is 1720. The van der Waals surface area contributed by atoms with E-state index in [1.165, 1.54) is 0 Å². The molecule has 2 N–H and O–H groups in total. The van der Waals surface area contributed by atoms with Crippen molar-refractivity contribution in [2.45, 2.75) is 0 Å². The number of anilines is 2. The van der Waals surface area contributed by atoms with Crippen LogP contribution in [-0.2, 0) is 0 Å². The summed E-state index contributed by atoms with van der Waals surface area (Å²) >= 11 is 0. The van der Waals surface area contributed by atoms with Crippen molar-refractivity contribution in [3.63, 3.8) is 0 Å². The Morgan fingerprint density at radius 3 is 1.68 bits per heavy atom. The number of hydrogen-bond acceptors (Lipinski definition) is 4. The number of carbonyl (C=O) groups is 2. The van der Waals surface area contributed by atoms with E-state index in [0.29, 0.717) is 39.8 Å². The fraction of sp³-hybridized carbons (Fsp3) is 0.0286. The van der Waals surface area contributed by atoms with Crippen LogP contribution in [0.25, 0.3) is 0 Å². The summed E-state index contributed by atoms with van der Waals surface area (Å²) in [5.41, 5.74) is 3.85. The molecule has 0 aromatic heterocycles. The quantitative estimate of drug-likeness (QED) is 0.212. The molecule has 6 nitrogen and oxygen atoms in total. The van der Waals surface area contributed by atoms with Crippen molar-refractivity contribution in [1.82, 2.24) is 0 Å². The molecule has 0 atom stereocenters. The van der Waals surface area contributed by atoms with Gasteiger partial charge in [-0.05, 0) is 97.1 Å². The predicted octanol–water partition coefficient (Wildman–Crippen LogP) is 7.39. The van der Waals surface area contributed by atoms with E-state index >= 15 is 0 Å². The first-order valence-electron chi connectivity index (χ1n) is 12.9. The summed E-state index contributed by atoms with van der Waals surface area (Å²) < 4.78 is 11.1. The molecule has 0 saturated carbocycles. The second-order valence-electron chi connectivity index (χ2n) is 8.99. The summed E-state index contributed by atoms with van der Waals surface area (Å²) in [7, 11) is 1.57. The van der Waals surface area contributed by atoms with E-state index in [9.17, 15) is 9.59 Å². The van der Waals surface area contributed by atoms with Gasteiger partial charge >= 0.3 is 0 Å². The van der Waals surface area contributed by atoms with Gasteiger partial charge in [0.05, 0.1) is 7.11 Å². The lowest BCUT2D eigenvalue weighted by Crippen LogP contribution is -2.14. The van der Waals surface area contributed by atoms with Gasteiger partial charge in [0.15, 0.2) is 0 Å². The Hall–Kier alpha value is -5.80. The highest BCUT2D eigenvalue weighted by molar-refractivity contribution is 6.06. The zero-order valence-corrected chi connectivity index (χ0v) is 22.3. The lowest BCUT2D eigenvalue weighted by molar-refractivity contribution is 0.101. The van der Waals surface area contributed by atoms with Crippen molar-refractivity contribution >= 4 is 23.2 Å². The largest absolute Gasteiger partial charge is 0.497 e. The van der Waals surface area contributed by atoms with Gasteiger partial charge in [-0.1, -0.05) is 42.2 Å². The van der Waals surface area contributed by atoms with E-state index in [2.05, 4.69) is 22.5 Å². The maximum atomic E-state index is 12.9. The average Bonchev–Trinajstić information content (AvgIpc) is 3.01. The van der Waals surface area contributed by atoms with Crippen molar-refractivity contribution in [3.8, 4) is 29.1 Å². The van der Waals surface area contributed by atoms with Crippen LogP contribution in [0.15, 0.2) is 127 Å². The second-order valence-corrected chi connectivity index (χ2v) is 8.99. The van der Waals surface area contributed by atoms with E-state index in [0.717, 1.165) is 11.1 Å². The molecule has 6 heteroatoms. The zero-order valence-electron chi connectivity index (χ0n) is 22.3. The van der Waals surface area contributed by atoms with Crippen LogP contribution in [0.3, 0.4) is 0 Å². The molecule has 5 aromatic carbocycles. The van der Waals surface area contributed by atoms with E-state index in [1.54, 1.807) is 79.9 Å². The third-order valence-corrected chi connectivity index (χ3v) is 6.04. The average molecular weight is 539 g/mol. The highest BCUT2D eigenvalue weighted by Gasteiger charge is 2.10. The van der Waals surface area contributed by atoms with Gasteiger partial charge in [0, 0.05) is 33.6 Å². The number of carbonyl (C=O) groups excluding carboxylic acids is 2. The standard InChI is InChI=1S/C35H26N2O4/c1-40-31-19-15-27(16-20-31)34(38)36-29-10-6-11-30(24-29)37-35(39)28-17-21-32(22-18-28)41-33-12-5-9-26(23-33)14-13-25-7-3-2-4-8-25/h2-12,15-24H,1H3,(H,36,38)(H,37,39). The zero-order chi connectivity index (χ0) is 28.4. The van der Waals surface area contributed by atoms with Gasteiger partial charge in [-0.3, -0.25) is 9.59 Å². The van der Waals surface area contributed by atoms with Gasteiger partial charge in [-0.25, -0.2) is 0 Å². The van der Waals surface area contributed by atoms with Gasteiger partial charge < -0.3 is 20.1 Å². The van der Waals surface area contributed by atoms with Gasteiger partial charge in [0.2, 0.25) is 0 Å². The minimum absolute atomic E-state index is 0.263. The number of ether oxygens (including phenoxy) is 2. The Labute approximate surface area is 238 Å². The Kier molecular flexibility index (Phi) is 8.39. The van der Waals surface area contributed by atoms with Crippen LogP contribution in [-0.4, -0.2) is 18.9 Å². The van der Waals surface area contributed by atoms with E-state index < -0.39 is 0 Å². The molecule has 0 unspecified atom stereocenters. The molecule has 0 saturated heterocycles. The molecular formula is C35H26N2O4. The minimum Gasteiger partial charge on any atom is -0.497 e. The van der Waals surface area contributed by atoms with Crippen LogP contribution in [0.2, 0.25) is 0 Å². The smallest absolute Gasteiger partial charge is 0.255 e. The molecule has 5 aromatic rings. The first kappa shape index (κ1) is 26.8. The van der Waals surface area contributed by atoms with Gasteiger partial charge in [-0.15, -0.1) is 0 Å². The molecule has 0 heterocycles. The number of amides is 2. The van der Waals surface area contributed by atoms with Crippen LogP contribution in [0.4, 0.5) is 11.4 Å². The second kappa shape index (κ2) is 12.8. The summed E-state index contributed by atoms with van der Waals surface area (Å²) in [5, 5.41) is 5.71. The SMILES string of the molecule is COc1ccc(C(=O)Nc2cccc(NC(=O)c3ccc(Oc4cccc(C#Cc5ccccc5)c4)cc3)c2)cc1. The Morgan fingerprint density at radius 2 is 1.07 bits per heavy atom. The number of rotatable bonds is 7. The molecule has 0 fully saturated rings. The lowest BCUT2D eigenvalue weighted by Gasteiger charge is -2.10. The maximum absolute atomic E-state index is 12.9. The fourth-order valence-corrected chi connectivity index (χ4v) is 3.94. The van der Waals surface area contributed by atoms with E-state index in [-0.39, 0.29) is 11.8 Å². The lowest BCUT2D eigenvalue weighted by atomic mass is 10.1. The highest BCUT2D eigenvalue weighted by atomic mass is 16.5. The van der Waals surface area contributed by atoms with Gasteiger partial charge in [-0.2, -0.15) is 0 Å². The molecular weight excluding hydrogens is 512 g/mol. The monoisotopic (exact) mass is 538 g/mol. The third kappa shape index (κ3) is 7.41. The van der Waals surface area contributed by atoms with Crippen LogP contribution >= 0.6 is 0 Å².